The van der Waals surface area contributed by atoms with Crippen molar-refractivity contribution in [1.82, 2.24) is 25.8 Å². The van der Waals surface area contributed by atoms with Crippen LogP contribution in [0.4, 0.5) is 0 Å². The van der Waals surface area contributed by atoms with Gasteiger partial charge >= 0.3 is 0 Å². The number of carbonyl (C=O) groups excluding carboxylic acids is 4. The van der Waals surface area contributed by atoms with E-state index >= 15 is 0 Å². The van der Waals surface area contributed by atoms with Gasteiger partial charge in [-0.2, -0.15) is 0 Å². The highest BCUT2D eigenvalue weighted by Gasteiger charge is 2.35. The first-order chi connectivity index (χ1) is 18.5. The van der Waals surface area contributed by atoms with E-state index < -0.39 is 48.7 Å². The summed E-state index contributed by atoms with van der Waals surface area (Å²) in [6.45, 7) is 4.30. The van der Waals surface area contributed by atoms with Crippen molar-refractivity contribution < 1.29 is 33.8 Å². The third-order valence-electron chi connectivity index (χ3n) is 7.10. The average Bonchev–Trinajstić information content (AvgIpc) is 3.41. The van der Waals surface area contributed by atoms with Crippen LogP contribution in [0.1, 0.15) is 36.0 Å². The number of morpholine rings is 1. The molecule has 208 valence electrons. The Morgan fingerprint density at radius 3 is 2.68 bits per heavy atom. The van der Waals surface area contributed by atoms with Crippen molar-refractivity contribution in [3.63, 3.8) is 0 Å². The Morgan fingerprint density at radius 2 is 1.89 bits per heavy atom. The summed E-state index contributed by atoms with van der Waals surface area (Å²) in [4.78, 5) is 56.1. The molecular formula is C26H37N5O7. The van der Waals surface area contributed by atoms with Gasteiger partial charge in [0.1, 0.15) is 24.4 Å². The molecule has 0 aromatic heterocycles. The molecule has 0 bridgehead atoms. The lowest BCUT2D eigenvalue weighted by Gasteiger charge is -2.29. The van der Waals surface area contributed by atoms with Crippen molar-refractivity contribution >= 4 is 23.6 Å². The normalized spacial score (nSPS) is 25.3. The molecule has 3 atom stereocenters. The lowest BCUT2D eigenvalue weighted by Crippen LogP contribution is -2.55. The topological polar surface area (TPSA) is 150 Å². The average molecular weight is 532 g/mol. The maximum absolute atomic E-state index is 13.2. The number of carbonyl (C=O) groups is 4. The van der Waals surface area contributed by atoms with Gasteiger partial charge in [-0.15, -0.1) is 0 Å². The number of nitrogens with one attached hydrogen (secondary N) is 3. The number of aliphatic hydroxyl groups is 1. The second kappa shape index (κ2) is 13.5. The van der Waals surface area contributed by atoms with E-state index in [9.17, 15) is 24.3 Å². The number of hydrogen-bond acceptors (Lipinski definition) is 8. The molecule has 1 aromatic carbocycles. The Labute approximate surface area is 222 Å². The van der Waals surface area contributed by atoms with Crippen LogP contribution in [-0.2, 0) is 19.1 Å². The SMILES string of the molecule is O=C1C[C@@H](C(=O)NCCCN2CCOCC2)NC(=O)c2ccccc2OC[C@H]2CCCN2C(=O)[C@H](CO)N1. The van der Waals surface area contributed by atoms with Gasteiger partial charge in [0.15, 0.2) is 0 Å². The molecule has 3 aliphatic rings. The molecule has 3 aliphatic heterocycles. The van der Waals surface area contributed by atoms with Crippen LogP contribution in [0.2, 0.25) is 0 Å². The Bertz CT molecular complexity index is 1000. The van der Waals surface area contributed by atoms with E-state index in [4.69, 9.17) is 9.47 Å². The first kappa shape index (κ1) is 27.8. The van der Waals surface area contributed by atoms with E-state index in [0.717, 1.165) is 26.1 Å². The molecule has 0 unspecified atom stereocenters. The van der Waals surface area contributed by atoms with E-state index in [-0.39, 0.29) is 18.2 Å². The van der Waals surface area contributed by atoms with Crippen molar-refractivity contribution in [3.8, 4) is 5.75 Å². The molecule has 3 heterocycles. The summed E-state index contributed by atoms with van der Waals surface area (Å²) >= 11 is 0. The monoisotopic (exact) mass is 531 g/mol. The van der Waals surface area contributed by atoms with Crippen LogP contribution in [0, 0.1) is 0 Å². The maximum Gasteiger partial charge on any atom is 0.255 e. The van der Waals surface area contributed by atoms with Gasteiger partial charge < -0.3 is 35.4 Å². The van der Waals surface area contributed by atoms with Crippen LogP contribution in [0.25, 0.3) is 0 Å². The highest BCUT2D eigenvalue weighted by molar-refractivity contribution is 6.01. The largest absolute Gasteiger partial charge is 0.491 e. The highest BCUT2D eigenvalue weighted by atomic mass is 16.5. The zero-order chi connectivity index (χ0) is 26.9. The van der Waals surface area contributed by atoms with Crippen LogP contribution >= 0.6 is 0 Å². The molecule has 0 aliphatic carbocycles. The molecule has 4 N–H and O–H groups in total. The first-order valence-electron chi connectivity index (χ1n) is 13.3. The van der Waals surface area contributed by atoms with Gasteiger partial charge in [0.2, 0.25) is 17.7 Å². The Balaban J connectivity index is 1.48. The van der Waals surface area contributed by atoms with Crippen LogP contribution in [-0.4, -0.2) is 116 Å². The van der Waals surface area contributed by atoms with Crippen molar-refractivity contribution in [2.45, 2.75) is 43.8 Å². The third-order valence-corrected chi connectivity index (χ3v) is 7.10. The van der Waals surface area contributed by atoms with Gasteiger partial charge in [-0.05, 0) is 37.9 Å². The number of rotatable bonds is 6. The fraction of sp³-hybridized carbons (Fsp3) is 0.615. The molecule has 2 fully saturated rings. The minimum atomic E-state index is -1.18. The summed E-state index contributed by atoms with van der Waals surface area (Å²) in [7, 11) is 0. The van der Waals surface area contributed by atoms with E-state index in [1.54, 1.807) is 29.2 Å². The summed E-state index contributed by atoms with van der Waals surface area (Å²) in [5.41, 5.74) is 0.235. The zero-order valence-corrected chi connectivity index (χ0v) is 21.5. The van der Waals surface area contributed by atoms with Gasteiger partial charge in [-0.1, -0.05) is 12.1 Å². The summed E-state index contributed by atoms with van der Waals surface area (Å²) in [5, 5.41) is 17.9. The number of hydrogen-bond donors (Lipinski definition) is 4. The van der Waals surface area contributed by atoms with Crippen LogP contribution in [0.3, 0.4) is 0 Å². The number of benzene rings is 1. The number of aliphatic hydroxyl groups excluding tert-OH is 1. The number of para-hydroxylation sites is 1. The van der Waals surface area contributed by atoms with Crippen molar-refractivity contribution in [3.05, 3.63) is 29.8 Å². The molecule has 0 radical (unpaired) electrons. The molecule has 1 aromatic rings. The molecule has 12 nitrogen and oxygen atoms in total. The van der Waals surface area contributed by atoms with Crippen LogP contribution < -0.4 is 20.7 Å². The molecule has 4 amide bonds. The predicted molar refractivity (Wildman–Crippen MR) is 136 cm³/mol. The molecular weight excluding hydrogens is 494 g/mol. The highest BCUT2D eigenvalue weighted by Crippen LogP contribution is 2.23. The minimum absolute atomic E-state index is 0.162. The van der Waals surface area contributed by atoms with Crippen molar-refractivity contribution in [2.75, 3.05) is 59.2 Å². The summed E-state index contributed by atoms with van der Waals surface area (Å²) in [5.74, 6) is -1.74. The maximum atomic E-state index is 13.2. The fourth-order valence-corrected chi connectivity index (χ4v) is 5.00. The second-order valence-corrected chi connectivity index (χ2v) is 9.77. The van der Waals surface area contributed by atoms with Gasteiger partial charge in [0.05, 0.1) is 37.8 Å². The number of amides is 4. The Morgan fingerprint density at radius 1 is 1.11 bits per heavy atom. The third kappa shape index (κ3) is 7.21. The summed E-state index contributed by atoms with van der Waals surface area (Å²) in [6.07, 6.45) is 1.78. The van der Waals surface area contributed by atoms with Crippen LogP contribution in [0.5, 0.6) is 5.75 Å². The molecule has 4 rings (SSSR count). The van der Waals surface area contributed by atoms with Gasteiger partial charge in [0.25, 0.3) is 5.91 Å². The number of nitrogens with zero attached hydrogens (tertiary/aromatic N) is 2. The predicted octanol–water partition coefficient (Wildman–Crippen LogP) is -1.13. The Kier molecular flexibility index (Phi) is 9.91. The smallest absolute Gasteiger partial charge is 0.255 e. The van der Waals surface area contributed by atoms with Gasteiger partial charge in [-0.3, -0.25) is 24.1 Å². The first-order valence-corrected chi connectivity index (χ1v) is 13.3. The minimum Gasteiger partial charge on any atom is -0.491 e. The lowest BCUT2D eigenvalue weighted by molar-refractivity contribution is -0.139. The molecule has 38 heavy (non-hydrogen) atoms. The summed E-state index contributed by atoms with van der Waals surface area (Å²) in [6, 6.07) is 4.10. The van der Waals surface area contributed by atoms with Crippen molar-refractivity contribution in [1.29, 1.82) is 0 Å². The van der Waals surface area contributed by atoms with Gasteiger partial charge in [0, 0.05) is 26.2 Å². The molecule has 0 spiro atoms. The zero-order valence-electron chi connectivity index (χ0n) is 21.5. The van der Waals surface area contributed by atoms with Crippen LogP contribution in [0.15, 0.2) is 24.3 Å². The molecule has 2 saturated heterocycles. The Hall–Kier alpha value is -3.22. The fourth-order valence-electron chi connectivity index (χ4n) is 5.00. The quantitative estimate of drug-likeness (QED) is 0.337. The van der Waals surface area contributed by atoms with E-state index in [0.29, 0.717) is 44.9 Å². The molecule has 0 saturated carbocycles. The van der Waals surface area contributed by atoms with Crippen molar-refractivity contribution in [2.24, 2.45) is 0 Å². The van der Waals surface area contributed by atoms with E-state index in [1.165, 1.54) is 0 Å². The van der Waals surface area contributed by atoms with E-state index in [1.807, 2.05) is 0 Å². The standard InChI is InChI=1S/C26H37N5O7/c32-16-21-26(36)31-10-3-5-18(31)17-38-22-7-2-1-6-19(22)24(34)29-20(15-23(33)28-21)25(35)27-8-4-9-30-11-13-37-14-12-30/h1-2,6-7,18,20-21,32H,3-5,8-17H2,(H,27,35)(H,28,33)(H,29,34)/t18-,20+,21+/m1/s1. The summed E-state index contributed by atoms with van der Waals surface area (Å²) < 4.78 is 11.3. The molecule has 12 heteroatoms. The van der Waals surface area contributed by atoms with Gasteiger partial charge in [-0.25, -0.2) is 0 Å². The lowest BCUT2D eigenvalue weighted by atomic mass is 10.1. The number of ether oxygens (including phenoxy) is 2. The second-order valence-electron chi connectivity index (χ2n) is 9.77. The number of fused-ring (bicyclic) bond motifs is 2. The van der Waals surface area contributed by atoms with E-state index in [2.05, 4.69) is 20.9 Å².